The normalized spacial score (nSPS) is 10.4. The highest BCUT2D eigenvalue weighted by Crippen LogP contribution is 2.13. The predicted octanol–water partition coefficient (Wildman–Crippen LogP) is 1.93. The van der Waals surface area contributed by atoms with Gasteiger partial charge in [0.1, 0.15) is 17.1 Å². The van der Waals surface area contributed by atoms with Gasteiger partial charge in [-0.15, -0.1) is 0 Å². The molecule has 0 radical (unpaired) electrons. The fourth-order valence-corrected chi connectivity index (χ4v) is 2.33. The van der Waals surface area contributed by atoms with Crippen LogP contribution in [0.25, 0.3) is 5.69 Å². The van der Waals surface area contributed by atoms with Gasteiger partial charge in [0.15, 0.2) is 0 Å². The average molecular weight is 355 g/mol. The van der Waals surface area contributed by atoms with Gasteiger partial charge in [0, 0.05) is 11.9 Å². The van der Waals surface area contributed by atoms with Crippen LogP contribution in [0.15, 0.2) is 64.3 Å². The molecule has 2 aromatic carbocycles. The average Bonchev–Trinajstić information content (AvgIpc) is 2.64. The summed E-state index contributed by atoms with van der Waals surface area (Å²) in [6, 6.07) is 11.3. The Morgan fingerprint density at radius 3 is 2.35 bits per heavy atom. The summed E-state index contributed by atoms with van der Waals surface area (Å²) in [7, 11) is 1.49. The molecule has 0 aliphatic rings. The molecular formula is C18H14FN3O4. The van der Waals surface area contributed by atoms with Crippen LogP contribution in [0.2, 0.25) is 0 Å². The molecule has 26 heavy (non-hydrogen) atoms. The first-order valence-electron chi connectivity index (χ1n) is 7.55. The number of hydrogen-bond donors (Lipinski definition) is 2. The lowest BCUT2D eigenvalue weighted by atomic mass is 10.2. The van der Waals surface area contributed by atoms with E-state index < -0.39 is 23.0 Å². The van der Waals surface area contributed by atoms with Gasteiger partial charge >= 0.3 is 5.69 Å². The largest absolute Gasteiger partial charge is 0.497 e. The van der Waals surface area contributed by atoms with Crippen LogP contribution < -0.4 is 21.3 Å². The lowest BCUT2D eigenvalue weighted by Gasteiger charge is -2.09. The first-order chi connectivity index (χ1) is 12.5. The molecule has 3 rings (SSSR count). The van der Waals surface area contributed by atoms with Crippen LogP contribution in [-0.4, -0.2) is 22.6 Å². The molecule has 2 N–H and O–H groups in total. The van der Waals surface area contributed by atoms with E-state index in [1.807, 2.05) is 0 Å². The van der Waals surface area contributed by atoms with Crippen LogP contribution in [0.4, 0.5) is 10.1 Å². The third kappa shape index (κ3) is 3.39. The Hall–Kier alpha value is -3.68. The van der Waals surface area contributed by atoms with Crippen LogP contribution >= 0.6 is 0 Å². The number of amides is 1. The van der Waals surface area contributed by atoms with Gasteiger partial charge in [-0.1, -0.05) is 0 Å². The van der Waals surface area contributed by atoms with Crippen molar-refractivity contribution in [2.45, 2.75) is 0 Å². The van der Waals surface area contributed by atoms with Crippen molar-refractivity contribution < 1.29 is 13.9 Å². The van der Waals surface area contributed by atoms with E-state index in [4.69, 9.17) is 4.74 Å². The molecule has 0 saturated heterocycles. The fourth-order valence-electron chi connectivity index (χ4n) is 2.33. The van der Waals surface area contributed by atoms with Crippen molar-refractivity contribution in [1.29, 1.82) is 0 Å². The van der Waals surface area contributed by atoms with Gasteiger partial charge < -0.3 is 15.0 Å². The molecule has 0 saturated carbocycles. The van der Waals surface area contributed by atoms with Gasteiger partial charge in [-0.25, -0.2) is 13.8 Å². The molecule has 7 nitrogen and oxygen atoms in total. The summed E-state index contributed by atoms with van der Waals surface area (Å²) in [6.45, 7) is 0. The molecule has 0 unspecified atom stereocenters. The molecule has 3 aromatic rings. The highest BCUT2D eigenvalue weighted by atomic mass is 19.1. The van der Waals surface area contributed by atoms with Crippen molar-refractivity contribution in [1.82, 2.24) is 9.55 Å². The van der Waals surface area contributed by atoms with Crippen molar-refractivity contribution in [3.05, 3.63) is 86.9 Å². The molecule has 0 fully saturated rings. The SMILES string of the molecule is COc1ccc(-n2c(=O)[nH]cc(C(=O)Nc3ccc(F)cc3)c2=O)cc1. The lowest BCUT2D eigenvalue weighted by Crippen LogP contribution is -2.38. The molecule has 1 heterocycles. The van der Waals surface area contributed by atoms with E-state index in [9.17, 15) is 18.8 Å². The van der Waals surface area contributed by atoms with Gasteiger partial charge in [0.05, 0.1) is 12.8 Å². The monoisotopic (exact) mass is 355 g/mol. The number of benzene rings is 2. The first kappa shape index (κ1) is 17.2. The highest BCUT2D eigenvalue weighted by molar-refractivity contribution is 6.03. The number of H-pyrrole nitrogens is 1. The second-order valence-electron chi connectivity index (χ2n) is 5.31. The maximum atomic E-state index is 12.9. The molecule has 0 aliphatic heterocycles. The molecule has 0 bridgehead atoms. The van der Waals surface area contributed by atoms with Gasteiger partial charge in [0.2, 0.25) is 0 Å². The molecular weight excluding hydrogens is 341 g/mol. The zero-order chi connectivity index (χ0) is 18.7. The van der Waals surface area contributed by atoms with Crippen LogP contribution in [0.5, 0.6) is 5.75 Å². The molecule has 0 spiro atoms. The van der Waals surface area contributed by atoms with Crippen molar-refractivity contribution in [2.24, 2.45) is 0 Å². The number of carbonyl (C=O) groups excluding carboxylic acids is 1. The minimum absolute atomic E-state index is 0.259. The lowest BCUT2D eigenvalue weighted by molar-refractivity contribution is 0.102. The summed E-state index contributed by atoms with van der Waals surface area (Å²) >= 11 is 0. The summed E-state index contributed by atoms with van der Waals surface area (Å²) in [6.07, 6.45) is 1.05. The Morgan fingerprint density at radius 1 is 1.08 bits per heavy atom. The van der Waals surface area contributed by atoms with E-state index in [1.165, 1.54) is 43.5 Å². The van der Waals surface area contributed by atoms with E-state index in [2.05, 4.69) is 10.3 Å². The van der Waals surface area contributed by atoms with Crippen molar-refractivity contribution in [3.8, 4) is 11.4 Å². The topological polar surface area (TPSA) is 93.2 Å². The second-order valence-corrected chi connectivity index (χ2v) is 5.31. The van der Waals surface area contributed by atoms with Crippen molar-refractivity contribution in [3.63, 3.8) is 0 Å². The number of ether oxygens (including phenoxy) is 1. The molecule has 1 amide bonds. The smallest absolute Gasteiger partial charge is 0.333 e. The number of halogens is 1. The fraction of sp³-hybridized carbons (Fsp3) is 0.0556. The van der Waals surface area contributed by atoms with E-state index >= 15 is 0 Å². The van der Waals surface area contributed by atoms with Crippen LogP contribution in [0.1, 0.15) is 10.4 Å². The number of nitrogens with one attached hydrogen (secondary N) is 2. The number of nitrogens with zero attached hydrogens (tertiary/aromatic N) is 1. The minimum atomic E-state index is -0.779. The van der Waals surface area contributed by atoms with Crippen molar-refractivity contribution in [2.75, 3.05) is 12.4 Å². The molecule has 0 atom stereocenters. The zero-order valence-corrected chi connectivity index (χ0v) is 13.7. The number of rotatable bonds is 4. The summed E-state index contributed by atoms with van der Waals surface area (Å²) in [4.78, 5) is 39.4. The number of carbonyl (C=O) groups is 1. The molecule has 0 aliphatic carbocycles. The number of anilines is 1. The summed E-state index contributed by atoms with van der Waals surface area (Å²) in [5.41, 5.74) is -1.12. The summed E-state index contributed by atoms with van der Waals surface area (Å²) in [5.74, 6) is -0.613. The third-order valence-electron chi connectivity index (χ3n) is 3.65. The highest BCUT2D eigenvalue weighted by Gasteiger charge is 2.16. The Morgan fingerprint density at radius 2 is 1.73 bits per heavy atom. The first-order valence-corrected chi connectivity index (χ1v) is 7.55. The Bertz CT molecular complexity index is 1050. The third-order valence-corrected chi connectivity index (χ3v) is 3.65. The van der Waals surface area contributed by atoms with E-state index in [1.54, 1.807) is 12.1 Å². The van der Waals surface area contributed by atoms with Gasteiger partial charge in [-0.05, 0) is 48.5 Å². The van der Waals surface area contributed by atoms with E-state index in [0.717, 1.165) is 10.8 Å². The van der Waals surface area contributed by atoms with Crippen molar-refractivity contribution >= 4 is 11.6 Å². The van der Waals surface area contributed by atoms with Gasteiger partial charge in [-0.2, -0.15) is 0 Å². The number of aromatic nitrogens is 2. The Balaban J connectivity index is 1.98. The molecule has 8 heteroatoms. The summed E-state index contributed by atoms with van der Waals surface area (Å²) < 4.78 is 18.8. The predicted molar refractivity (Wildman–Crippen MR) is 93.6 cm³/mol. The quantitative estimate of drug-likeness (QED) is 0.748. The Kier molecular flexibility index (Phi) is 4.66. The number of methoxy groups -OCH3 is 1. The van der Waals surface area contributed by atoms with E-state index in [-0.39, 0.29) is 11.3 Å². The standard InChI is InChI=1S/C18H14FN3O4/c1-26-14-8-6-13(7-9-14)22-17(24)15(10-20-18(22)25)16(23)21-12-4-2-11(19)3-5-12/h2-10H,1H3,(H,20,25)(H,21,23). The minimum Gasteiger partial charge on any atom is -0.497 e. The maximum absolute atomic E-state index is 12.9. The Labute approximate surface area is 146 Å². The zero-order valence-electron chi connectivity index (χ0n) is 13.7. The molecule has 132 valence electrons. The van der Waals surface area contributed by atoms with Crippen LogP contribution in [0.3, 0.4) is 0 Å². The summed E-state index contributed by atoms with van der Waals surface area (Å²) in [5, 5.41) is 2.48. The van der Waals surface area contributed by atoms with Crippen LogP contribution in [-0.2, 0) is 0 Å². The number of aromatic amines is 1. The van der Waals surface area contributed by atoms with Gasteiger partial charge in [-0.3, -0.25) is 9.59 Å². The molecule has 1 aromatic heterocycles. The second kappa shape index (κ2) is 7.06. The van der Waals surface area contributed by atoms with Crippen LogP contribution in [0, 0.1) is 5.82 Å². The van der Waals surface area contributed by atoms with E-state index in [0.29, 0.717) is 11.4 Å². The number of hydrogen-bond acceptors (Lipinski definition) is 4. The van der Waals surface area contributed by atoms with Gasteiger partial charge in [0.25, 0.3) is 11.5 Å². The maximum Gasteiger partial charge on any atom is 0.333 e.